The van der Waals surface area contributed by atoms with E-state index in [2.05, 4.69) is 0 Å². The lowest BCUT2D eigenvalue weighted by Crippen LogP contribution is -2.36. The zero-order valence-electron chi connectivity index (χ0n) is 8.41. The highest BCUT2D eigenvalue weighted by Gasteiger charge is 2.30. The van der Waals surface area contributed by atoms with E-state index < -0.39 is 11.6 Å². The summed E-state index contributed by atoms with van der Waals surface area (Å²) in [7, 11) is 0. The molecule has 1 aliphatic rings. The van der Waals surface area contributed by atoms with Crippen molar-refractivity contribution >= 4 is 5.97 Å². The summed E-state index contributed by atoms with van der Waals surface area (Å²) in [6.07, 6.45) is 0.932. The molecule has 1 heterocycles. The Labute approximate surface area is 78.4 Å². The van der Waals surface area contributed by atoms with Gasteiger partial charge in [0.05, 0.1) is 5.41 Å². The minimum absolute atomic E-state index is 0.298. The molecule has 0 aromatic rings. The van der Waals surface area contributed by atoms with Crippen molar-refractivity contribution in [1.29, 1.82) is 0 Å². The first-order chi connectivity index (χ1) is 5.91. The van der Waals surface area contributed by atoms with Crippen LogP contribution in [0.3, 0.4) is 0 Å². The van der Waals surface area contributed by atoms with Gasteiger partial charge in [-0.1, -0.05) is 0 Å². The molecule has 76 valence electrons. The van der Waals surface area contributed by atoms with Crippen molar-refractivity contribution in [2.24, 2.45) is 5.41 Å². The van der Waals surface area contributed by atoms with Gasteiger partial charge in [-0.3, -0.25) is 0 Å². The summed E-state index contributed by atoms with van der Waals surface area (Å²) >= 11 is 0. The van der Waals surface area contributed by atoms with Crippen LogP contribution in [0.1, 0.15) is 33.6 Å². The normalized spacial score (nSPS) is 24.8. The van der Waals surface area contributed by atoms with Gasteiger partial charge in [0.15, 0.2) is 0 Å². The molecule has 1 aliphatic heterocycles. The van der Waals surface area contributed by atoms with Crippen LogP contribution in [0.4, 0.5) is 0 Å². The van der Waals surface area contributed by atoms with Crippen LogP contribution >= 0.6 is 0 Å². The lowest BCUT2D eigenvalue weighted by Gasteiger charge is -2.23. The summed E-state index contributed by atoms with van der Waals surface area (Å²) in [5.74, 6) is -0.298. The molecular formula is C9H17NO3. The molecule has 0 aromatic heterocycles. The third kappa shape index (κ3) is 2.67. The fraction of sp³-hybridized carbons (Fsp3) is 0.889. The summed E-state index contributed by atoms with van der Waals surface area (Å²) in [5.41, 5.74) is -0.512. The maximum absolute atomic E-state index is 11.4. The van der Waals surface area contributed by atoms with Crippen LogP contribution in [0, 0.1) is 5.41 Å². The van der Waals surface area contributed by atoms with Crippen molar-refractivity contribution in [3.63, 3.8) is 0 Å². The molecule has 1 N–H and O–H groups in total. The zero-order valence-corrected chi connectivity index (χ0v) is 8.41. The van der Waals surface area contributed by atoms with E-state index in [1.807, 2.05) is 0 Å². The van der Waals surface area contributed by atoms with Gasteiger partial charge in [0.2, 0.25) is 0 Å². The van der Waals surface area contributed by atoms with Crippen LogP contribution < -0.4 is 0 Å². The minimum atomic E-state index is -0.619. The smallest absolute Gasteiger partial charge is 0.330 e. The summed E-state index contributed by atoms with van der Waals surface area (Å²) in [5, 5.41) is 10.7. The fourth-order valence-electron chi connectivity index (χ4n) is 1.07. The number of carbonyl (C=O) groups is 1. The van der Waals surface area contributed by atoms with Crippen LogP contribution in [0.15, 0.2) is 0 Å². The Morgan fingerprint density at radius 3 is 2.54 bits per heavy atom. The number of hydrogen-bond acceptors (Lipinski definition) is 4. The van der Waals surface area contributed by atoms with Crippen molar-refractivity contribution in [1.82, 2.24) is 5.06 Å². The van der Waals surface area contributed by atoms with E-state index in [9.17, 15) is 9.90 Å². The molecule has 0 saturated carbocycles. The van der Waals surface area contributed by atoms with Gasteiger partial charge in [-0.2, -0.15) is 0 Å². The summed E-state index contributed by atoms with van der Waals surface area (Å²) in [4.78, 5) is 16.4. The van der Waals surface area contributed by atoms with Gasteiger partial charge in [0, 0.05) is 6.54 Å². The van der Waals surface area contributed by atoms with E-state index in [0.29, 0.717) is 13.0 Å². The number of carbonyl (C=O) groups excluding carboxylic acids is 1. The third-order valence-corrected chi connectivity index (χ3v) is 1.99. The Morgan fingerprint density at radius 1 is 1.54 bits per heavy atom. The maximum atomic E-state index is 11.4. The Kier molecular flexibility index (Phi) is 2.93. The van der Waals surface area contributed by atoms with Gasteiger partial charge in [-0.15, -0.1) is 5.06 Å². The first-order valence-electron chi connectivity index (χ1n) is 4.58. The molecule has 1 rings (SSSR count). The average Bonchev–Trinajstić information content (AvgIpc) is 2.34. The van der Waals surface area contributed by atoms with E-state index in [1.54, 1.807) is 20.8 Å². The van der Waals surface area contributed by atoms with Crippen molar-refractivity contribution in [3.8, 4) is 0 Å². The van der Waals surface area contributed by atoms with Gasteiger partial charge in [-0.05, 0) is 33.6 Å². The molecule has 1 atom stereocenters. The highest BCUT2D eigenvalue weighted by Crippen LogP contribution is 2.20. The Hall–Kier alpha value is -0.610. The van der Waals surface area contributed by atoms with E-state index in [-0.39, 0.29) is 5.97 Å². The number of hydroxylamine groups is 2. The molecule has 4 nitrogen and oxygen atoms in total. The molecule has 0 bridgehead atoms. The molecule has 1 saturated heterocycles. The molecule has 0 amide bonds. The van der Waals surface area contributed by atoms with Crippen LogP contribution in [0.2, 0.25) is 0 Å². The minimum Gasteiger partial charge on any atom is -0.375 e. The zero-order chi connectivity index (χ0) is 10.1. The standard InChI is InChI=1S/C9H17NO3/c1-9(2,3)8(12)13-10-6-4-5-7(10)11/h7,11H,4-6H2,1-3H3. The second kappa shape index (κ2) is 3.64. The van der Waals surface area contributed by atoms with Gasteiger partial charge < -0.3 is 9.94 Å². The topological polar surface area (TPSA) is 49.8 Å². The second-order valence-corrected chi connectivity index (χ2v) is 4.39. The predicted molar refractivity (Wildman–Crippen MR) is 47.5 cm³/mol. The van der Waals surface area contributed by atoms with Gasteiger partial charge in [0.25, 0.3) is 0 Å². The van der Waals surface area contributed by atoms with Gasteiger partial charge >= 0.3 is 5.97 Å². The van der Waals surface area contributed by atoms with Gasteiger partial charge in [-0.25, -0.2) is 4.79 Å². The molecule has 0 radical (unpaired) electrons. The number of nitrogens with zero attached hydrogens (tertiary/aromatic N) is 1. The largest absolute Gasteiger partial charge is 0.375 e. The Bertz CT molecular complexity index is 198. The summed E-state index contributed by atoms with van der Waals surface area (Å²) in [6.45, 7) is 6.00. The number of rotatable bonds is 1. The highest BCUT2D eigenvalue weighted by molar-refractivity contribution is 5.75. The Balaban J connectivity index is 2.45. The van der Waals surface area contributed by atoms with Crippen LogP contribution in [0.5, 0.6) is 0 Å². The second-order valence-electron chi connectivity index (χ2n) is 4.39. The van der Waals surface area contributed by atoms with E-state index in [1.165, 1.54) is 5.06 Å². The molecule has 1 unspecified atom stereocenters. The molecule has 0 spiro atoms. The van der Waals surface area contributed by atoms with Crippen molar-refractivity contribution in [2.45, 2.75) is 39.8 Å². The van der Waals surface area contributed by atoms with Crippen molar-refractivity contribution in [3.05, 3.63) is 0 Å². The van der Waals surface area contributed by atoms with Crippen molar-refractivity contribution < 1.29 is 14.7 Å². The van der Waals surface area contributed by atoms with E-state index in [4.69, 9.17) is 4.84 Å². The van der Waals surface area contributed by atoms with Crippen LogP contribution in [-0.2, 0) is 9.63 Å². The molecule has 4 heteroatoms. The SMILES string of the molecule is CC(C)(C)C(=O)ON1CCCC1O. The summed E-state index contributed by atoms with van der Waals surface area (Å²) < 4.78 is 0. The molecule has 0 aromatic carbocycles. The number of aliphatic hydroxyl groups excluding tert-OH is 1. The Morgan fingerprint density at radius 2 is 2.15 bits per heavy atom. The first-order valence-corrected chi connectivity index (χ1v) is 4.58. The predicted octanol–water partition coefficient (Wildman–Crippen LogP) is 0.905. The third-order valence-electron chi connectivity index (χ3n) is 1.99. The highest BCUT2D eigenvalue weighted by atomic mass is 16.7. The van der Waals surface area contributed by atoms with Gasteiger partial charge in [0.1, 0.15) is 6.23 Å². The quantitative estimate of drug-likeness (QED) is 0.662. The van der Waals surface area contributed by atoms with Crippen molar-refractivity contribution in [2.75, 3.05) is 6.54 Å². The maximum Gasteiger partial charge on any atom is 0.330 e. The lowest BCUT2D eigenvalue weighted by atomic mass is 9.98. The number of aliphatic hydroxyl groups is 1. The molecule has 0 aliphatic carbocycles. The molecule has 13 heavy (non-hydrogen) atoms. The number of hydrogen-bond donors (Lipinski definition) is 1. The summed E-state index contributed by atoms with van der Waals surface area (Å²) in [6, 6.07) is 0. The first kappa shape index (κ1) is 10.5. The molecule has 1 fully saturated rings. The van der Waals surface area contributed by atoms with Crippen LogP contribution in [-0.4, -0.2) is 28.9 Å². The fourth-order valence-corrected chi connectivity index (χ4v) is 1.07. The molecular weight excluding hydrogens is 170 g/mol. The lowest BCUT2D eigenvalue weighted by molar-refractivity contribution is -0.227. The average molecular weight is 187 g/mol. The van der Waals surface area contributed by atoms with Crippen LogP contribution in [0.25, 0.3) is 0 Å². The van der Waals surface area contributed by atoms with E-state index in [0.717, 1.165) is 6.42 Å². The van der Waals surface area contributed by atoms with E-state index >= 15 is 0 Å². The monoisotopic (exact) mass is 187 g/mol.